The van der Waals surface area contributed by atoms with Crippen LogP contribution in [0.3, 0.4) is 0 Å². The van der Waals surface area contributed by atoms with Crippen LogP contribution in [0.5, 0.6) is 0 Å². The maximum atomic E-state index is 12.4. The monoisotopic (exact) mass is 152 g/mol. The van der Waals surface area contributed by atoms with Crippen LogP contribution in [0.15, 0.2) is 0 Å². The Kier molecular flexibility index (Phi) is 2.20. The molecule has 0 unspecified atom stereocenters. The van der Waals surface area contributed by atoms with Crippen LogP contribution in [0, 0.1) is 0 Å². The molecule has 1 saturated heterocycles. The fourth-order valence-electron chi connectivity index (χ4n) is 0.770. The normalized spacial score (nSPS) is 49.2. The Balaban J connectivity index is 2.52. The van der Waals surface area contributed by atoms with Crippen LogP contribution in [-0.2, 0) is 4.74 Å². The Labute approximate surface area is 56.9 Å². The van der Waals surface area contributed by atoms with Gasteiger partial charge in [0.25, 0.3) is 0 Å². The summed E-state index contributed by atoms with van der Waals surface area (Å²) in [6.07, 6.45) is -6.16. The fraction of sp³-hybridized carbons (Fsp3) is 1.00. The average molecular weight is 152 g/mol. The molecule has 1 aliphatic rings. The summed E-state index contributed by atoms with van der Waals surface area (Å²) < 4.78 is 16.7. The third-order valence-corrected chi connectivity index (χ3v) is 1.44. The van der Waals surface area contributed by atoms with Crippen molar-refractivity contribution in [3.05, 3.63) is 0 Å². The molecular weight excluding hydrogens is 143 g/mol. The van der Waals surface area contributed by atoms with Gasteiger partial charge in [-0.3, -0.25) is 0 Å². The quantitative estimate of drug-likeness (QED) is 0.391. The molecule has 1 fully saturated rings. The third-order valence-electron chi connectivity index (χ3n) is 1.44. The second kappa shape index (κ2) is 2.79. The molecule has 1 rings (SSSR count). The van der Waals surface area contributed by atoms with Gasteiger partial charge in [-0.1, -0.05) is 0 Å². The molecule has 3 N–H and O–H groups in total. The zero-order valence-electron chi connectivity index (χ0n) is 5.14. The largest absolute Gasteiger partial charge is 0.387 e. The average Bonchev–Trinajstić information content (AvgIpc) is 1.93. The van der Waals surface area contributed by atoms with Crippen molar-refractivity contribution in [2.24, 2.45) is 0 Å². The van der Waals surface area contributed by atoms with Gasteiger partial charge in [-0.2, -0.15) is 0 Å². The van der Waals surface area contributed by atoms with E-state index in [-0.39, 0.29) is 6.61 Å². The first kappa shape index (κ1) is 7.87. The summed E-state index contributed by atoms with van der Waals surface area (Å²) in [6, 6.07) is 0. The molecule has 0 amide bonds. The van der Waals surface area contributed by atoms with Gasteiger partial charge in [-0.25, -0.2) is 4.39 Å². The molecule has 1 heterocycles. The summed E-state index contributed by atoms with van der Waals surface area (Å²) in [7, 11) is 0. The molecule has 0 bridgehead atoms. The Bertz CT molecular complexity index is 106. The van der Waals surface area contributed by atoms with E-state index in [1.165, 1.54) is 0 Å². The molecule has 10 heavy (non-hydrogen) atoms. The standard InChI is InChI=1S/C5H9FO4/c6-2-1-10-5(9)4(8)3(2)7/h2-5,7-9H,1H2/t2-,3-,4+,5+/m1/s1. The van der Waals surface area contributed by atoms with E-state index in [0.717, 1.165) is 0 Å². The zero-order chi connectivity index (χ0) is 7.72. The number of rotatable bonds is 0. The lowest BCUT2D eigenvalue weighted by Crippen LogP contribution is -2.51. The summed E-state index contributed by atoms with van der Waals surface area (Å²) in [4.78, 5) is 0. The SMILES string of the molecule is O[C@H]1[C@H](O)[C@@H](O)OC[C@H]1F. The first-order chi connectivity index (χ1) is 4.63. The van der Waals surface area contributed by atoms with E-state index in [2.05, 4.69) is 4.74 Å². The minimum atomic E-state index is -1.61. The summed E-state index contributed by atoms with van der Waals surface area (Å²) in [5.41, 5.74) is 0. The van der Waals surface area contributed by atoms with Gasteiger partial charge in [-0.15, -0.1) is 0 Å². The zero-order valence-corrected chi connectivity index (χ0v) is 5.14. The van der Waals surface area contributed by atoms with Crippen molar-refractivity contribution in [1.29, 1.82) is 0 Å². The van der Waals surface area contributed by atoms with E-state index >= 15 is 0 Å². The van der Waals surface area contributed by atoms with Crippen molar-refractivity contribution in [3.8, 4) is 0 Å². The van der Waals surface area contributed by atoms with Crippen molar-refractivity contribution in [2.75, 3.05) is 6.61 Å². The smallest absolute Gasteiger partial charge is 0.183 e. The molecule has 0 spiro atoms. The number of hydrogen-bond donors (Lipinski definition) is 3. The van der Waals surface area contributed by atoms with Gasteiger partial charge in [0.05, 0.1) is 6.61 Å². The molecule has 4 nitrogen and oxygen atoms in total. The van der Waals surface area contributed by atoms with E-state index in [1.807, 2.05) is 0 Å². The molecule has 0 aromatic carbocycles. The van der Waals surface area contributed by atoms with Crippen LogP contribution in [0.25, 0.3) is 0 Å². The molecule has 4 atom stereocenters. The van der Waals surface area contributed by atoms with Crippen molar-refractivity contribution in [1.82, 2.24) is 0 Å². The Hall–Kier alpha value is -0.230. The van der Waals surface area contributed by atoms with Crippen molar-refractivity contribution >= 4 is 0 Å². The number of ether oxygens (including phenoxy) is 1. The number of alkyl halides is 1. The van der Waals surface area contributed by atoms with Crippen LogP contribution in [-0.4, -0.2) is 46.6 Å². The molecule has 0 aromatic heterocycles. The molecule has 1 aliphatic heterocycles. The van der Waals surface area contributed by atoms with Crippen LogP contribution in [0.2, 0.25) is 0 Å². The minimum Gasteiger partial charge on any atom is -0.387 e. The van der Waals surface area contributed by atoms with Crippen LogP contribution in [0.1, 0.15) is 0 Å². The lowest BCUT2D eigenvalue weighted by molar-refractivity contribution is -0.240. The van der Waals surface area contributed by atoms with E-state index in [4.69, 9.17) is 15.3 Å². The number of halogens is 1. The molecule has 0 saturated carbocycles. The van der Waals surface area contributed by atoms with Crippen molar-refractivity contribution < 1.29 is 24.4 Å². The molecule has 5 heteroatoms. The minimum absolute atomic E-state index is 0.376. The molecule has 0 radical (unpaired) electrons. The third kappa shape index (κ3) is 1.27. The summed E-state index contributed by atoms with van der Waals surface area (Å²) in [5.74, 6) is 0. The summed E-state index contributed by atoms with van der Waals surface area (Å²) in [6.45, 7) is -0.376. The van der Waals surface area contributed by atoms with E-state index in [0.29, 0.717) is 0 Å². The highest BCUT2D eigenvalue weighted by Gasteiger charge is 2.37. The maximum Gasteiger partial charge on any atom is 0.183 e. The van der Waals surface area contributed by atoms with Gasteiger partial charge in [0.1, 0.15) is 12.2 Å². The van der Waals surface area contributed by atoms with E-state index in [1.54, 1.807) is 0 Å². The highest BCUT2D eigenvalue weighted by molar-refractivity contribution is 4.81. The Morgan fingerprint density at radius 2 is 1.80 bits per heavy atom. The van der Waals surface area contributed by atoms with Crippen LogP contribution >= 0.6 is 0 Å². The van der Waals surface area contributed by atoms with Gasteiger partial charge in [0, 0.05) is 0 Å². The maximum absolute atomic E-state index is 12.4. The highest BCUT2D eigenvalue weighted by Crippen LogP contribution is 2.15. The lowest BCUT2D eigenvalue weighted by atomic mass is 10.1. The predicted molar refractivity (Wildman–Crippen MR) is 28.9 cm³/mol. The molecule has 0 aromatic rings. The topological polar surface area (TPSA) is 69.9 Å². The molecule has 60 valence electrons. The van der Waals surface area contributed by atoms with Gasteiger partial charge < -0.3 is 20.1 Å². The number of hydrogen-bond acceptors (Lipinski definition) is 4. The second-order valence-corrected chi connectivity index (χ2v) is 2.22. The van der Waals surface area contributed by atoms with E-state index < -0.39 is 24.7 Å². The first-order valence-corrected chi connectivity index (χ1v) is 2.93. The Morgan fingerprint density at radius 3 is 2.30 bits per heavy atom. The predicted octanol–water partition coefficient (Wildman–Crippen LogP) is -1.61. The number of aliphatic hydroxyl groups excluding tert-OH is 3. The lowest BCUT2D eigenvalue weighted by Gasteiger charge is -2.30. The molecular formula is C5H9FO4. The Morgan fingerprint density at radius 1 is 1.20 bits per heavy atom. The van der Waals surface area contributed by atoms with Gasteiger partial charge in [0.2, 0.25) is 0 Å². The fourth-order valence-corrected chi connectivity index (χ4v) is 0.770. The van der Waals surface area contributed by atoms with Gasteiger partial charge in [0.15, 0.2) is 12.5 Å². The highest BCUT2D eigenvalue weighted by atomic mass is 19.1. The molecule has 0 aliphatic carbocycles. The van der Waals surface area contributed by atoms with Crippen molar-refractivity contribution in [2.45, 2.75) is 24.7 Å². The summed E-state index contributed by atoms with van der Waals surface area (Å²) >= 11 is 0. The van der Waals surface area contributed by atoms with Crippen LogP contribution < -0.4 is 0 Å². The van der Waals surface area contributed by atoms with Gasteiger partial charge >= 0.3 is 0 Å². The van der Waals surface area contributed by atoms with E-state index in [9.17, 15) is 4.39 Å². The summed E-state index contributed by atoms with van der Waals surface area (Å²) in [5, 5.41) is 26.2. The first-order valence-electron chi connectivity index (χ1n) is 2.93. The van der Waals surface area contributed by atoms with Crippen molar-refractivity contribution in [3.63, 3.8) is 0 Å². The second-order valence-electron chi connectivity index (χ2n) is 2.22. The van der Waals surface area contributed by atoms with Crippen LogP contribution in [0.4, 0.5) is 4.39 Å². The number of aliphatic hydroxyl groups is 3. The van der Waals surface area contributed by atoms with Gasteiger partial charge in [-0.05, 0) is 0 Å².